The van der Waals surface area contributed by atoms with Gasteiger partial charge in [-0.3, -0.25) is 4.79 Å². The third kappa shape index (κ3) is 2.91. The van der Waals surface area contributed by atoms with Crippen LogP contribution in [-0.4, -0.2) is 23.5 Å². The van der Waals surface area contributed by atoms with Crippen molar-refractivity contribution in [3.63, 3.8) is 0 Å². The molecule has 2 aliphatic rings. The van der Waals surface area contributed by atoms with E-state index in [0.717, 1.165) is 13.0 Å². The number of oxime groups is 1. The van der Waals surface area contributed by atoms with Gasteiger partial charge in [0.05, 0.1) is 0 Å². The lowest BCUT2D eigenvalue weighted by molar-refractivity contribution is -0.124. The van der Waals surface area contributed by atoms with E-state index in [-0.39, 0.29) is 17.2 Å². The molecule has 1 amide bonds. The first-order chi connectivity index (χ1) is 9.44. The standard InChI is InChI=1S/C15H27N3O2/c1-11(2)9-14(5-3-4-6-14)10-17-13(19)15(7-8-15)12(16)18-20/h11,20H,3-10H2,1-2H3,(H2,16,18)(H,17,19). The Balaban J connectivity index is 1.95. The van der Waals surface area contributed by atoms with Gasteiger partial charge in [0.1, 0.15) is 5.41 Å². The molecule has 0 saturated heterocycles. The molecule has 5 heteroatoms. The van der Waals surface area contributed by atoms with Crippen molar-refractivity contribution >= 4 is 11.7 Å². The zero-order chi connectivity index (χ0) is 14.8. The number of nitrogens with one attached hydrogen (secondary N) is 1. The average molecular weight is 281 g/mol. The fourth-order valence-corrected chi connectivity index (χ4v) is 3.70. The van der Waals surface area contributed by atoms with E-state index < -0.39 is 5.41 Å². The number of nitrogens with two attached hydrogens (primary N) is 1. The SMILES string of the molecule is CC(C)CC1(CNC(=O)C2(C(N)=NO)CC2)CCCC1. The quantitative estimate of drug-likeness (QED) is 0.302. The highest BCUT2D eigenvalue weighted by Gasteiger charge is 2.54. The minimum Gasteiger partial charge on any atom is -0.409 e. The lowest BCUT2D eigenvalue weighted by atomic mass is 9.78. The second-order valence-electron chi connectivity index (χ2n) is 7.06. The van der Waals surface area contributed by atoms with Crippen molar-refractivity contribution in [3.05, 3.63) is 0 Å². The van der Waals surface area contributed by atoms with E-state index in [1.807, 2.05) is 0 Å². The molecule has 20 heavy (non-hydrogen) atoms. The van der Waals surface area contributed by atoms with E-state index in [1.54, 1.807) is 0 Å². The average Bonchev–Trinajstić information content (AvgIpc) is 3.11. The maximum Gasteiger partial charge on any atom is 0.233 e. The summed E-state index contributed by atoms with van der Waals surface area (Å²) in [6.45, 7) is 5.20. The Bertz CT molecular complexity index is 394. The highest BCUT2D eigenvalue weighted by molar-refractivity contribution is 6.09. The van der Waals surface area contributed by atoms with Crippen LogP contribution in [0.4, 0.5) is 0 Å². The summed E-state index contributed by atoms with van der Waals surface area (Å²) in [5, 5.41) is 14.9. The molecule has 114 valence electrons. The first-order valence-corrected chi connectivity index (χ1v) is 7.70. The minimum absolute atomic E-state index is 0.0549. The number of amides is 1. The maximum absolute atomic E-state index is 12.3. The second kappa shape index (κ2) is 5.62. The number of carbonyl (C=O) groups excluding carboxylic acids is 1. The third-order valence-electron chi connectivity index (χ3n) is 4.91. The normalized spacial score (nSPS) is 23.9. The van der Waals surface area contributed by atoms with E-state index in [2.05, 4.69) is 24.3 Å². The van der Waals surface area contributed by atoms with Crippen LogP contribution in [0, 0.1) is 16.7 Å². The molecule has 2 aliphatic carbocycles. The van der Waals surface area contributed by atoms with E-state index in [0.29, 0.717) is 18.8 Å². The van der Waals surface area contributed by atoms with Gasteiger partial charge in [-0.2, -0.15) is 0 Å². The molecule has 4 N–H and O–H groups in total. The largest absolute Gasteiger partial charge is 0.409 e. The molecule has 0 aromatic carbocycles. The number of carbonyl (C=O) groups is 1. The maximum atomic E-state index is 12.3. The molecule has 0 heterocycles. The predicted molar refractivity (Wildman–Crippen MR) is 78.4 cm³/mol. The lowest BCUT2D eigenvalue weighted by Crippen LogP contribution is -2.44. The smallest absolute Gasteiger partial charge is 0.233 e. The van der Waals surface area contributed by atoms with E-state index in [1.165, 1.54) is 25.7 Å². The number of hydrogen-bond acceptors (Lipinski definition) is 3. The molecule has 5 nitrogen and oxygen atoms in total. The Morgan fingerprint density at radius 2 is 1.90 bits per heavy atom. The van der Waals surface area contributed by atoms with Gasteiger partial charge >= 0.3 is 0 Å². The van der Waals surface area contributed by atoms with Crippen molar-refractivity contribution in [1.29, 1.82) is 0 Å². The van der Waals surface area contributed by atoms with Gasteiger partial charge in [0.15, 0.2) is 5.84 Å². The van der Waals surface area contributed by atoms with Crippen LogP contribution in [0.2, 0.25) is 0 Å². The summed E-state index contributed by atoms with van der Waals surface area (Å²) in [6, 6.07) is 0. The number of nitrogens with zero attached hydrogens (tertiary/aromatic N) is 1. The van der Waals surface area contributed by atoms with Crippen molar-refractivity contribution in [3.8, 4) is 0 Å². The molecule has 0 aliphatic heterocycles. The number of hydrogen-bond donors (Lipinski definition) is 3. The van der Waals surface area contributed by atoms with Crippen LogP contribution >= 0.6 is 0 Å². The van der Waals surface area contributed by atoms with Crippen LogP contribution in [-0.2, 0) is 4.79 Å². The molecule has 0 bridgehead atoms. The molecule has 0 radical (unpaired) electrons. The van der Waals surface area contributed by atoms with Gasteiger partial charge < -0.3 is 16.3 Å². The number of rotatable bonds is 6. The lowest BCUT2D eigenvalue weighted by Gasteiger charge is -2.31. The van der Waals surface area contributed by atoms with Crippen molar-refractivity contribution in [2.75, 3.05) is 6.54 Å². The van der Waals surface area contributed by atoms with E-state index >= 15 is 0 Å². The molecular weight excluding hydrogens is 254 g/mol. The summed E-state index contributed by atoms with van der Waals surface area (Å²) in [5.41, 5.74) is 5.18. The van der Waals surface area contributed by atoms with Crippen molar-refractivity contribution in [2.45, 2.75) is 58.8 Å². The second-order valence-corrected chi connectivity index (χ2v) is 7.06. The van der Waals surface area contributed by atoms with Crippen LogP contribution in [0.3, 0.4) is 0 Å². The fourth-order valence-electron chi connectivity index (χ4n) is 3.70. The van der Waals surface area contributed by atoms with Crippen molar-refractivity contribution in [2.24, 2.45) is 27.6 Å². The van der Waals surface area contributed by atoms with Gasteiger partial charge in [0.2, 0.25) is 5.91 Å². The Morgan fingerprint density at radius 1 is 1.30 bits per heavy atom. The Kier molecular flexibility index (Phi) is 4.25. The molecule has 0 unspecified atom stereocenters. The molecular formula is C15H27N3O2. The molecule has 2 rings (SSSR count). The predicted octanol–water partition coefficient (Wildman–Crippen LogP) is 2.24. The summed E-state index contributed by atoms with van der Waals surface area (Å²) in [4.78, 5) is 12.3. The highest BCUT2D eigenvalue weighted by atomic mass is 16.4. The summed E-state index contributed by atoms with van der Waals surface area (Å²) < 4.78 is 0. The van der Waals surface area contributed by atoms with E-state index in [9.17, 15) is 4.79 Å². The van der Waals surface area contributed by atoms with Gasteiger partial charge in [0.25, 0.3) is 0 Å². The van der Waals surface area contributed by atoms with Gasteiger partial charge in [-0.05, 0) is 43.4 Å². The fraction of sp³-hybridized carbons (Fsp3) is 0.867. The van der Waals surface area contributed by atoms with Crippen LogP contribution < -0.4 is 11.1 Å². The van der Waals surface area contributed by atoms with Crippen molar-refractivity contribution in [1.82, 2.24) is 5.32 Å². The van der Waals surface area contributed by atoms with Gasteiger partial charge in [0, 0.05) is 6.54 Å². The Hall–Kier alpha value is -1.26. The number of amidine groups is 1. The zero-order valence-corrected chi connectivity index (χ0v) is 12.6. The van der Waals surface area contributed by atoms with E-state index in [4.69, 9.17) is 10.9 Å². The van der Waals surface area contributed by atoms with Crippen LogP contribution in [0.1, 0.15) is 58.8 Å². The molecule has 0 atom stereocenters. The molecule has 0 aromatic heterocycles. The molecule has 0 aromatic rings. The molecule has 2 fully saturated rings. The summed E-state index contributed by atoms with van der Waals surface area (Å²) in [5.74, 6) is 0.631. The third-order valence-corrected chi connectivity index (χ3v) is 4.91. The first kappa shape index (κ1) is 15.1. The molecule has 2 saturated carbocycles. The topological polar surface area (TPSA) is 87.7 Å². The van der Waals surface area contributed by atoms with Crippen LogP contribution in [0.15, 0.2) is 5.16 Å². The van der Waals surface area contributed by atoms with Crippen molar-refractivity contribution < 1.29 is 10.0 Å². The van der Waals surface area contributed by atoms with Gasteiger partial charge in [-0.25, -0.2) is 0 Å². The first-order valence-electron chi connectivity index (χ1n) is 7.70. The van der Waals surface area contributed by atoms with Crippen LogP contribution in [0.5, 0.6) is 0 Å². The Labute approximate surface area is 121 Å². The summed E-state index contributed by atoms with van der Waals surface area (Å²) in [6.07, 6.45) is 7.44. The highest BCUT2D eigenvalue weighted by Crippen LogP contribution is 2.47. The van der Waals surface area contributed by atoms with Crippen LogP contribution in [0.25, 0.3) is 0 Å². The molecule has 0 spiro atoms. The van der Waals surface area contributed by atoms with Gasteiger partial charge in [-0.1, -0.05) is 31.8 Å². The Morgan fingerprint density at radius 3 is 2.35 bits per heavy atom. The monoisotopic (exact) mass is 281 g/mol. The minimum atomic E-state index is -0.730. The summed E-state index contributed by atoms with van der Waals surface area (Å²) >= 11 is 0. The zero-order valence-electron chi connectivity index (χ0n) is 12.6. The van der Waals surface area contributed by atoms with Gasteiger partial charge in [-0.15, -0.1) is 0 Å². The summed E-state index contributed by atoms with van der Waals surface area (Å²) in [7, 11) is 0.